The van der Waals surface area contributed by atoms with Crippen LogP contribution in [0.4, 0.5) is 10.1 Å². The quantitative estimate of drug-likeness (QED) is 0.473. The minimum Gasteiger partial charge on any atom is -0.452 e. The number of nitrogen functional groups attached to an aromatic ring is 1. The van der Waals surface area contributed by atoms with Crippen molar-refractivity contribution in [1.82, 2.24) is 5.32 Å². The van der Waals surface area contributed by atoms with Gasteiger partial charge in [-0.15, -0.1) is 0 Å². The molecule has 0 aliphatic rings. The Morgan fingerprint density at radius 1 is 1.50 bits per heavy atom. The van der Waals surface area contributed by atoms with E-state index in [1.165, 1.54) is 13.0 Å². The Kier molecular flexibility index (Phi) is 5.47. The van der Waals surface area contributed by atoms with Crippen LogP contribution in [-0.4, -0.2) is 25.0 Å². The summed E-state index contributed by atoms with van der Waals surface area (Å²) in [6, 6.07) is 4.14. The average molecular weight is 279 g/mol. The molecule has 0 heterocycles. The lowest BCUT2D eigenvalue weighted by molar-refractivity contribution is -0.124. The monoisotopic (exact) mass is 279 g/mol. The van der Waals surface area contributed by atoms with E-state index in [2.05, 4.69) is 5.32 Å². The zero-order valence-electron chi connectivity index (χ0n) is 10.9. The maximum atomic E-state index is 13.4. The SMILES string of the molecule is Cc1c(N)cc(C(=O)OCC(=O)NCCC#N)cc1F. The van der Waals surface area contributed by atoms with Crippen LogP contribution in [0, 0.1) is 24.1 Å². The van der Waals surface area contributed by atoms with Crippen molar-refractivity contribution in [3.05, 3.63) is 29.1 Å². The number of benzene rings is 1. The molecule has 0 aliphatic carbocycles. The maximum Gasteiger partial charge on any atom is 0.338 e. The van der Waals surface area contributed by atoms with Gasteiger partial charge in [0.15, 0.2) is 6.61 Å². The Morgan fingerprint density at radius 2 is 2.20 bits per heavy atom. The summed E-state index contributed by atoms with van der Waals surface area (Å²) in [6.45, 7) is 1.17. The topological polar surface area (TPSA) is 105 Å². The van der Waals surface area contributed by atoms with Gasteiger partial charge < -0.3 is 15.8 Å². The fraction of sp³-hybridized carbons (Fsp3) is 0.308. The Morgan fingerprint density at radius 3 is 2.80 bits per heavy atom. The summed E-state index contributed by atoms with van der Waals surface area (Å²) < 4.78 is 18.1. The number of nitrogens with two attached hydrogens (primary N) is 1. The van der Waals surface area contributed by atoms with Gasteiger partial charge in [0, 0.05) is 17.8 Å². The molecule has 3 N–H and O–H groups in total. The molecule has 7 heteroatoms. The molecule has 0 radical (unpaired) electrons. The molecule has 0 bridgehead atoms. The van der Waals surface area contributed by atoms with Crippen molar-refractivity contribution < 1.29 is 18.7 Å². The third kappa shape index (κ3) is 4.24. The number of anilines is 1. The van der Waals surface area contributed by atoms with Gasteiger partial charge in [0.1, 0.15) is 5.82 Å². The van der Waals surface area contributed by atoms with E-state index in [0.29, 0.717) is 0 Å². The van der Waals surface area contributed by atoms with Crippen molar-refractivity contribution in [2.24, 2.45) is 0 Å². The van der Waals surface area contributed by atoms with Crippen LogP contribution in [0.3, 0.4) is 0 Å². The molecular weight excluding hydrogens is 265 g/mol. The highest BCUT2D eigenvalue weighted by Crippen LogP contribution is 2.18. The van der Waals surface area contributed by atoms with Gasteiger partial charge in [0.05, 0.1) is 18.1 Å². The molecule has 0 atom stereocenters. The summed E-state index contributed by atoms with van der Waals surface area (Å²) >= 11 is 0. The predicted molar refractivity (Wildman–Crippen MR) is 69.1 cm³/mol. The summed E-state index contributed by atoms with van der Waals surface area (Å²) in [7, 11) is 0. The van der Waals surface area contributed by atoms with E-state index in [9.17, 15) is 14.0 Å². The van der Waals surface area contributed by atoms with Gasteiger partial charge in [0.25, 0.3) is 5.91 Å². The van der Waals surface area contributed by atoms with Gasteiger partial charge in [-0.05, 0) is 19.1 Å². The number of nitriles is 1. The van der Waals surface area contributed by atoms with Crippen molar-refractivity contribution in [3.8, 4) is 6.07 Å². The number of hydrogen-bond donors (Lipinski definition) is 2. The number of carbonyl (C=O) groups is 2. The number of carbonyl (C=O) groups excluding carboxylic acids is 2. The first-order valence-electron chi connectivity index (χ1n) is 5.82. The predicted octanol–water partition coefficient (Wildman–Crippen LogP) is 0.903. The standard InChI is InChI=1S/C13H14FN3O3/c1-8-10(14)5-9(6-11(8)16)13(19)20-7-12(18)17-4-2-3-15/h5-6H,2,4,7,16H2,1H3,(H,17,18). The minimum absolute atomic E-state index is 0.0598. The maximum absolute atomic E-state index is 13.4. The second-order valence-electron chi connectivity index (χ2n) is 4.01. The summed E-state index contributed by atoms with van der Waals surface area (Å²) in [6.07, 6.45) is 0.166. The highest BCUT2D eigenvalue weighted by Gasteiger charge is 2.13. The Hall–Kier alpha value is -2.62. The molecule has 6 nitrogen and oxygen atoms in total. The summed E-state index contributed by atoms with van der Waals surface area (Å²) in [5, 5.41) is 10.7. The summed E-state index contributed by atoms with van der Waals surface area (Å²) in [5.41, 5.74) is 5.86. The number of hydrogen-bond acceptors (Lipinski definition) is 5. The Labute approximate surface area is 115 Å². The Balaban J connectivity index is 2.56. The molecule has 0 saturated heterocycles. The van der Waals surface area contributed by atoms with Crippen molar-refractivity contribution in [2.75, 3.05) is 18.9 Å². The van der Waals surface area contributed by atoms with E-state index < -0.39 is 24.3 Å². The van der Waals surface area contributed by atoms with Crippen molar-refractivity contribution in [1.29, 1.82) is 5.26 Å². The third-order valence-corrected chi connectivity index (χ3v) is 2.51. The van der Waals surface area contributed by atoms with E-state index in [0.717, 1.165) is 6.07 Å². The van der Waals surface area contributed by atoms with Crippen LogP contribution in [0.2, 0.25) is 0 Å². The molecule has 0 saturated carbocycles. The first kappa shape index (κ1) is 15.4. The molecule has 1 aromatic rings. The van der Waals surface area contributed by atoms with Crippen LogP contribution in [0.15, 0.2) is 12.1 Å². The molecular formula is C13H14FN3O3. The summed E-state index contributed by atoms with van der Waals surface area (Å²) in [5.74, 6) is -1.99. The average Bonchev–Trinajstić information content (AvgIpc) is 2.41. The number of ether oxygens (including phenoxy) is 1. The summed E-state index contributed by atoms with van der Waals surface area (Å²) in [4.78, 5) is 22.9. The van der Waals surface area contributed by atoms with Crippen molar-refractivity contribution >= 4 is 17.6 Å². The molecule has 0 unspecified atom stereocenters. The van der Waals surface area contributed by atoms with E-state index in [1.54, 1.807) is 0 Å². The van der Waals surface area contributed by atoms with Gasteiger partial charge in [-0.3, -0.25) is 4.79 Å². The van der Waals surface area contributed by atoms with Crippen LogP contribution in [0.1, 0.15) is 22.3 Å². The molecule has 20 heavy (non-hydrogen) atoms. The number of nitrogens with zero attached hydrogens (tertiary/aromatic N) is 1. The second-order valence-corrected chi connectivity index (χ2v) is 4.01. The van der Waals surface area contributed by atoms with Crippen molar-refractivity contribution in [3.63, 3.8) is 0 Å². The first-order chi connectivity index (χ1) is 9.45. The molecule has 1 amide bonds. The number of rotatable bonds is 5. The lowest BCUT2D eigenvalue weighted by Gasteiger charge is -2.07. The van der Waals surface area contributed by atoms with E-state index in [-0.39, 0.29) is 29.8 Å². The second kappa shape index (κ2) is 7.09. The highest BCUT2D eigenvalue weighted by molar-refractivity contribution is 5.92. The van der Waals surface area contributed by atoms with E-state index >= 15 is 0 Å². The van der Waals surface area contributed by atoms with Crippen LogP contribution in [0.5, 0.6) is 0 Å². The number of amides is 1. The zero-order valence-corrected chi connectivity index (χ0v) is 10.9. The molecule has 0 fully saturated rings. The van der Waals surface area contributed by atoms with Gasteiger partial charge in [-0.1, -0.05) is 0 Å². The van der Waals surface area contributed by atoms with Crippen LogP contribution >= 0.6 is 0 Å². The van der Waals surface area contributed by atoms with E-state index in [1.807, 2.05) is 6.07 Å². The first-order valence-corrected chi connectivity index (χ1v) is 5.82. The lowest BCUT2D eigenvalue weighted by Crippen LogP contribution is -2.29. The lowest BCUT2D eigenvalue weighted by atomic mass is 10.1. The smallest absolute Gasteiger partial charge is 0.338 e. The molecule has 106 valence electrons. The number of esters is 1. The van der Waals surface area contributed by atoms with Crippen molar-refractivity contribution in [2.45, 2.75) is 13.3 Å². The van der Waals surface area contributed by atoms with Gasteiger partial charge in [-0.2, -0.15) is 5.26 Å². The largest absolute Gasteiger partial charge is 0.452 e. The van der Waals surface area contributed by atoms with Gasteiger partial charge >= 0.3 is 5.97 Å². The minimum atomic E-state index is -0.842. The van der Waals surface area contributed by atoms with Gasteiger partial charge in [-0.25, -0.2) is 9.18 Å². The zero-order chi connectivity index (χ0) is 15.1. The Bertz CT molecular complexity index is 543. The fourth-order valence-electron chi connectivity index (χ4n) is 1.34. The van der Waals surface area contributed by atoms with E-state index in [4.69, 9.17) is 15.7 Å². The normalized spacial score (nSPS) is 9.65. The fourth-order valence-corrected chi connectivity index (χ4v) is 1.34. The number of halogens is 1. The number of nitrogens with one attached hydrogen (secondary N) is 1. The van der Waals surface area contributed by atoms with Gasteiger partial charge in [0.2, 0.25) is 0 Å². The third-order valence-electron chi connectivity index (χ3n) is 2.51. The molecule has 0 spiro atoms. The molecule has 0 aliphatic heterocycles. The van der Waals surface area contributed by atoms with Crippen LogP contribution in [0.25, 0.3) is 0 Å². The van der Waals surface area contributed by atoms with Crippen LogP contribution in [-0.2, 0) is 9.53 Å². The van der Waals surface area contributed by atoms with Crippen LogP contribution < -0.4 is 11.1 Å². The molecule has 0 aromatic heterocycles. The molecule has 1 rings (SSSR count). The molecule has 1 aromatic carbocycles. The highest BCUT2D eigenvalue weighted by atomic mass is 19.1.